The number of azo groups is 1. The molecule has 0 heterocycles. The summed E-state index contributed by atoms with van der Waals surface area (Å²) in [5.74, 6) is 0.988. The largest absolute Gasteiger partial charge is 0.508 e. The van der Waals surface area contributed by atoms with Gasteiger partial charge in [0.05, 0.1) is 12.8 Å². The van der Waals surface area contributed by atoms with Crippen molar-refractivity contribution in [3.63, 3.8) is 0 Å². The normalized spacial score (nSPS) is 11.3. The maximum absolute atomic E-state index is 10.6. The van der Waals surface area contributed by atoms with Crippen molar-refractivity contribution in [3.8, 4) is 23.0 Å². The molecule has 0 unspecified atom stereocenters. The molecule has 0 aliphatic carbocycles. The van der Waals surface area contributed by atoms with Crippen molar-refractivity contribution in [3.05, 3.63) is 83.9 Å². The molecule has 0 spiro atoms. The van der Waals surface area contributed by atoms with Crippen LogP contribution in [0.25, 0.3) is 10.8 Å². The van der Waals surface area contributed by atoms with Crippen LogP contribution in [0.4, 0.5) is 11.4 Å². The van der Waals surface area contributed by atoms with Crippen molar-refractivity contribution in [1.82, 2.24) is 0 Å². The van der Waals surface area contributed by atoms with E-state index < -0.39 is 0 Å². The molecule has 4 aromatic rings. The van der Waals surface area contributed by atoms with Crippen LogP contribution in [0.15, 0.2) is 83.0 Å². The molecule has 6 nitrogen and oxygen atoms in total. The standard InChI is InChI=1S/C25H22N2O4/c1-31-24-15-22(25(30)21-5-3-2-4-20(21)24)27-26-18-10-7-16(8-11-18)6-9-17-14-19(28)12-13-23(17)29/h2-5,7-8,10-15,28-30H,6,9H2,1H3. The van der Waals surface area contributed by atoms with Gasteiger partial charge in [0, 0.05) is 16.8 Å². The first kappa shape index (κ1) is 20.2. The molecule has 3 N–H and O–H groups in total. The molecule has 31 heavy (non-hydrogen) atoms. The number of benzene rings is 4. The SMILES string of the molecule is COc1cc(N=Nc2ccc(CCc3cc(O)ccc3O)cc2)c(O)c2ccccc12. The van der Waals surface area contributed by atoms with E-state index in [1.807, 2.05) is 48.5 Å². The number of fused-ring (bicyclic) bond motifs is 1. The Bertz CT molecular complexity index is 1250. The number of rotatable bonds is 6. The van der Waals surface area contributed by atoms with E-state index in [4.69, 9.17) is 4.74 Å². The summed E-state index contributed by atoms with van der Waals surface area (Å²) in [6.45, 7) is 0. The molecule has 156 valence electrons. The second kappa shape index (κ2) is 8.75. The molecule has 4 rings (SSSR count). The topological polar surface area (TPSA) is 94.6 Å². The Hall–Kier alpha value is -4.06. The summed E-state index contributed by atoms with van der Waals surface area (Å²) in [7, 11) is 1.58. The molecule has 0 aliphatic rings. The zero-order valence-corrected chi connectivity index (χ0v) is 17.0. The van der Waals surface area contributed by atoms with Crippen molar-refractivity contribution in [2.45, 2.75) is 12.8 Å². The average molecular weight is 414 g/mol. The molecule has 0 amide bonds. The Morgan fingerprint density at radius 2 is 1.52 bits per heavy atom. The van der Waals surface area contributed by atoms with Crippen LogP contribution in [0.1, 0.15) is 11.1 Å². The smallest absolute Gasteiger partial charge is 0.151 e. The predicted molar refractivity (Wildman–Crippen MR) is 120 cm³/mol. The van der Waals surface area contributed by atoms with Crippen molar-refractivity contribution in [2.24, 2.45) is 10.2 Å². The summed E-state index contributed by atoms with van der Waals surface area (Å²) in [6, 6.07) is 21.2. The van der Waals surface area contributed by atoms with E-state index in [1.165, 1.54) is 12.1 Å². The second-order valence-corrected chi connectivity index (χ2v) is 7.17. The Morgan fingerprint density at radius 1 is 0.774 bits per heavy atom. The van der Waals surface area contributed by atoms with Crippen molar-refractivity contribution >= 4 is 22.1 Å². The van der Waals surface area contributed by atoms with Crippen LogP contribution in [0, 0.1) is 0 Å². The highest BCUT2D eigenvalue weighted by atomic mass is 16.5. The molecule has 0 saturated heterocycles. The summed E-state index contributed by atoms with van der Waals surface area (Å²) >= 11 is 0. The molecule has 0 radical (unpaired) electrons. The quantitative estimate of drug-likeness (QED) is 0.260. The van der Waals surface area contributed by atoms with Gasteiger partial charge in [-0.05, 0) is 54.3 Å². The molecule has 0 aromatic heterocycles. The maximum Gasteiger partial charge on any atom is 0.151 e. The van der Waals surface area contributed by atoms with Gasteiger partial charge in [-0.2, -0.15) is 5.11 Å². The van der Waals surface area contributed by atoms with Crippen molar-refractivity contribution < 1.29 is 20.1 Å². The number of phenols is 3. The van der Waals surface area contributed by atoms with Crippen LogP contribution in [-0.4, -0.2) is 22.4 Å². The Kier molecular flexibility index (Phi) is 5.71. The fraction of sp³-hybridized carbons (Fsp3) is 0.120. The molecule has 4 aromatic carbocycles. The molecule has 0 atom stereocenters. The number of ether oxygens (including phenoxy) is 1. The number of aromatic hydroxyl groups is 3. The number of nitrogens with zero attached hydrogens (tertiary/aromatic N) is 2. The third-order valence-electron chi connectivity index (χ3n) is 5.13. The van der Waals surface area contributed by atoms with E-state index in [0.717, 1.165) is 10.9 Å². The lowest BCUT2D eigenvalue weighted by Crippen LogP contribution is -1.91. The third-order valence-corrected chi connectivity index (χ3v) is 5.13. The highest BCUT2D eigenvalue weighted by Gasteiger charge is 2.11. The maximum atomic E-state index is 10.6. The Balaban J connectivity index is 1.50. The van der Waals surface area contributed by atoms with Gasteiger partial charge >= 0.3 is 0 Å². The number of hydrogen-bond donors (Lipinski definition) is 3. The highest BCUT2D eigenvalue weighted by molar-refractivity contribution is 5.97. The summed E-state index contributed by atoms with van der Waals surface area (Å²) in [4.78, 5) is 0. The van der Waals surface area contributed by atoms with Gasteiger partial charge < -0.3 is 20.1 Å². The van der Waals surface area contributed by atoms with Gasteiger partial charge in [-0.15, -0.1) is 5.11 Å². The number of aryl methyl sites for hydroxylation is 2. The summed E-state index contributed by atoms with van der Waals surface area (Å²) in [5.41, 5.74) is 2.75. The molecule has 0 fully saturated rings. The van der Waals surface area contributed by atoms with Crippen LogP contribution in [0.5, 0.6) is 23.0 Å². The Morgan fingerprint density at radius 3 is 2.26 bits per heavy atom. The molecular weight excluding hydrogens is 392 g/mol. The molecule has 0 bridgehead atoms. The van der Waals surface area contributed by atoms with Crippen LogP contribution in [0.2, 0.25) is 0 Å². The molecule has 0 aliphatic heterocycles. The first-order valence-corrected chi connectivity index (χ1v) is 9.85. The highest BCUT2D eigenvalue weighted by Crippen LogP contribution is 2.41. The zero-order valence-electron chi connectivity index (χ0n) is 17.0. The first-order chi connectivity index (χ1) is 15.0. The number of hydrogen-bond acceptors (Lipinski definition) is 6. The van der Waals surface area contributed by atoms with Gasteiger partial charge in [0.15, 0.2) is 5.75 Å². The Labute approximate surface area is 179 Å². The van der Waals surface area contributed by atoms with Gasteiger partial charge in [-0.25, -0.2) is 0 Å². The zero-order chi connectivity index (χ0) is 21.8. The van der Waals surface area contributed by atoms with Gasteiger partial charge in [-0.1, -0.05) is 36.4 Å². The minimum absolute atomic E-state index is 0.0580. The van der Waals surface area contributed by atoms with Crippen LogP contribution >= 0.6 is 0 Å². The van der Waals surface area contributed by atoms with Gasteiger partial charge in [-0.3, -0.25) is 0 Å². The van der Waals surface area contributed by atoms with Gasteiger partial charge in [0.25, 0.3) is 0 Å². The number of methoxy groups -OCH3 is 1. The predicted octanol–water partition coefficient (Wildman–Crippen LogP) is 6.17. The van der Waals surface area contributed by atoms with Gasteiger partial charge in [0.2, 0.25) is 0 Å². The van der Waals surface area contributed by atoms with Crippen molar-refractivity contribution in [2.75, 3.05) is 7.11 Å². The molecule has 6 heteroatoms. The minimum atomic E-state index is 0.0580. The summed E-state index contributed by atoms with van der Waals surface area (Å²) < 4.78 is 5.42. The van der Waals surface area contributed by atoms with E-state index in [0.29, 0.717) is 40.9 Å². The van der Waals surface area contributed by atoms with Crippen molar-refractivity contribution in [1.29, 1.82) is 0 Å². The lowest BCUT2D eigenvalue weighted by molar-refractivity contribution is 0.418. The summed E-state index contributed by atoms with van der Waals surface area (Å²) in [5, 5.41) is 40.0. The second-order valence-electron chi connectivity index (χ2n) is 7.17. The fourth-order valence-electron chi connectivity index (χ4n) is 3.45. The molecular formula is C25H22N2O4. The lowest BCUT2D eigenvalue weighted by atomic mass is 10.0. The van der Waals surface area contributed by atoms with Gasteiger partial charge in [0.1, 0.15) is 22.9 Å². The fourth-order valence-corrected chi connectivity index (χ4v) is 3.45. The minimum Gasteiger partial charge on any atom is -0.508 e. The van der Waals surface area contributed by atoms with E-state index in [2.05, 4.69) is 10.2 Å². The van der Waals surface area contributed by atoms with E-state index in [-0.39, 0.29) is 17.2 Å². The lowest BCUT2D eigenvalue weighted by Gasteiger charge is -2.09. The molecule has 0 saturated carbocycles. The number of phenolic OH excluding ortho intramolecular Hbond substituents is 3. The average Bonchev–Trinajstić information content (AvgIpc) is 2.80. The van der Waals surface area contributed by atoms with E-state index in [1.54, 1.807) is 19.2 Å². The van der Waals surface area contributed by atoms with E-state index in [9.17, 15) is 15.3 Å². The van der Waals surface area contributed by atoms with Crippen LogP contribution < -0.4 is 4.74 Å². The van der Waals surface area contributed by atoms with Crippen LogP contribution in [0.3, 0.4) is 0 Å². The monoisotopic (exact) mass is 414 g/mol. The first-order valence-electron chi connectivity index (χ1n) is 9.85. The third kappa shape index (κ3) is 4.43. The summed E-state index contributed by atoms with van der Waals surface area (Å²) in [6.07, 6.45) is 1.31. The van der Waals surface area contributed by atoms with E-state index >= 15 is 0 Å². The van der Waals surface area contributed by atoms with Crippen LogP contribution in [-0.2, 0) is 12.8 Å².